The highest BCUT2D eigenvalue weighted by molar-refractivity contribution is 5.99. The smallest absolute Gasteiger partial charge is 0.498 e. The minimum atomic E-state index is -4.82. The van der Waals surface area contributed by atoms with Gasteiger partial charge in [0.1, 0.15) is 17.6 Å². The number of aliphatic hydroxyl groups is 1. The number of alkyl halides is 3. The minimum absolute atomic E-state index is 0.00895. The summed E-state index contributed by atoms with van der Waals surface area (Å²) in [6.07, 6.45) is 2.62. The van der Waals surface area contributed by atoms with E-state index in [4.69, 9.17) is 18.9 Å². The molecule has 0 radical (unpaired) electrons. The van der Waals surface area contributed by atoms with Crippen LogP contribution in [0.4, 0.5) is 13.2 Å². The number of rotatable bonds is 8. The molecule has 11 heteroatoms. The lowest BCUT2D eigenvalue weighted by atomic mass is 9.65. The van der Waals surface area contributed by atoms with Gasteiger partial charge in [0, 0.05) is 11.8 Å². The van der Waals surface area contributed by atoms with Crippen molar-refractivity contribution in [3.8, 4) is 5.75 Å². The Morgan fingerprint density at radius 1 is 1.02 bits per heavy atom. The van der Waals surface area contributed by atoms with Crippen LogP contribution >= 0.6 is 0 Å². The van der Waals surface area contributed by atoms with E-state index in [9.17, 15) is 27.9 Å². The lowest BCUT2D eigenvalue weighted by Gasteiger charge is -2.39. The number of halogens is 3. The number of allylic oxidation sites excluding steroid dienone is 5. The molecule has 9 atom stereocenters. The summed E-state index contributed by atoms with van der Waals surface area (Å²) in [5.74, 6) is -1.14. The van der Waals surface area contributed by atoms with Crippen LogP contribution in [0, 0.1) is 35.5 Å². The second-order valence-corrected chi connectivity index (χ2v) is 13.5. The second-order valence-electron chi connectivity index (χ2n) is 13.5. The summed E-state index contributed by atoms with van der Waals surface area (Å²) in [7, 11) is 2.91. The number of carbonyl (C=O) groups excluding carboxylic acids is 2. The number of benzene rings is 1. The first-order valence-electron chi connectivity index (χ1n) is 17.0. The Morgan fingerprint density at radius 2 is 1.73 bits per heavy atom. The standard InChI is InChI=1S/C37H47F3O8/c1-6-24-10-8-7-9-20(2)34(42)31-18-29-27-17-26(47-36(43)35(45-5)21(3)44-4)15-23(27)16-28(33(29)30(31)19-32(41)46-24)22-11-13-25(14-12-22)48-37(38,39)40/h11-14,16,18,20,23-24,26-27,29-30,33,36,43H,6-10,15,17,19H2,1-5H3/b35-21+/t20-,23?,24+,26-,27-,29+,30-,33?,36+/m1/s1. The molecule has 1 N–H and O–H groups in total. The van der Waals surface area contributed by atoms with Gasteiger partial charge in [-0.3, -0.25) is 9.59 Å². The van der Waals surface area contributed by atoms with Gasteiger partial charge in [0.15, 0.2) is 11.5 Å². The summed E-state index contributed by atoms with van der Waals surface area (Å²) >= 11 is 0. The van der Waals surface area contributed by atoms with Crippen LogP contribution in [-0.2, 0) is 28.5 Å². The van der Waals surface area contributed by atoms with Crippen molar-refractivity contribution in [3.63, 3.8) is 0 Å². The third-order valence-electron chi connectivity index (χ3n) is 10.6. The van der Waals surface area contributed by atoms with E-state index in [1.807, 2.05) is 13.8 Å². The molecule has 0 spiro atoms. The molecule has 2 unspecified atom stereocenters. The summed E-state index contributed by atoms with van der Waals surface area (Å²) in [6, 6.07) is 5.78. The number of methoxy groups -OCH3 is 2. The van der Waals surface area contributed by atoms with Crippen LogP contribution in [0.15, 0.2) is 53.5 Å². The van der Waals surface area contributed by atoms with Crippen LogP contribution in [0.2, 0.25) is 0 Å². The predicted molar refractivity (Wildman–Crippen MR) is 171 cm³/mol. The van der Waals surface area contributed by atoms with Crippen LogP contribution in [0.5, 0.6) is 5.75 Å². The Morgan fingerprint density at radius 3 is 2.38 bits per heavy atom. The van der Waals surface area contributed by atoms with Gasteiger partial charge in [-0.2, -0.15) is 0 Å². The number of fused-ring (bicyclic) bond motifs is 5. The molecule has 0 amide bonds. The monoisotopic (exact) mass is 676 g/mol. The van der Waals surface area contributed by atoms with Crippen LogP contribution in [0.3, 0.4) is 0 Å². The lowest BCUT2D eigenvalue weighted by molar-refractivity contribution is -0.274. The fourth-order valence-electron chi connectivity index (χ4n) is 8.25. The molecule has 1 aliphatic heterocycles. The number of esters is 1. The second kappa shape index (κ2) is 15.1. The Kier molecular flexibility index (Phi) is 11.3. The van der Waals surface area contributed by atoms with E-state index in [1.54, 1.807) is 19.1 Å². The average Bonchev–Trinajstić information content (AvgIpc) is 3.61. The molecule has 8 nitrogen and oxygen atoms in total. The third kappa shape index (κ3) is 7.94. The third-order valence-corrected chi connectivity index (χ3v) is 10.6. The van der Waals surface area contributed by atoms with Crippen LogP contribution in [0.25, 0.3) is 5.57 Å². The molecule has 5 rings (SSSR count). The van der Waals surface area contributed by atoms with Gasteiger partial charge in [0.05, 0.1) is 26.7 Å². The molecule has 0 aromatic heterocycles. The molecular weight excluding hydrogens is 629 g/mol. The summed E-state index contributed by atoms with van der Waals surface area (Å²) in [5, 5.41) is 10.9. The molecule has 1 saturated heterocycles. The number of Topliss-reactive ketones (excluding diaryl/α,β-unsaturated/α-hetero) is 1. The molecule has 1 heterocycles. The van der Waals surface area contributed by atoms with E-state index in [-0.39, 0.29) is 71.5 Å². The predicted octanol–water partition coefficient (Wildman–Crippen LogP) is 7.52. The zero-order valence-corrected chi connectivity index (χ0v) is 28.3. The molecule has 3 aliphatic carbocycles. The topological polar surface area (TPSA) is 101 Å². The molecule has 0 bridgehead atoms. The molecule has 2 fully saturated rings. The number of cyclic esters (lactones) is 1. The van der Waals surface area contributed by atoms with Crippen molar-refractivity contribution in [2.75, 3.05) is 14.2 Å². The largest absolute Gasteiger partial charge is 0.573 e. The summed E-state index contributed by atoms with van der Waals surface area (Å²) < 4.78 is 65.6. The highest BCUT2D eigenvalue weighted by Gasteiger charge is 2.53. The SMILES string of the molecule is CC[C@H]1CCCC[C@@H](C)C(=O)C2=C[C@@H]3C(C(c4ccc(OC(F)(F)F)cc4)=CC4C[C@@H](O[C@H](O)/C(OC)=C(/C)OC)C[C@H]43)[C@@H]2CC(=O)O1. The number of hydrogen-bond donors (Lipinski definition) is 1. The quantitative estimate of drug-likeness (QED) is 0.172. The van der Waals surface area contributed by atoms with Crippen molar-refractivity contribution in [3.05, 3.63) is 59.1 Å². The van der Waals surface area contributed by atoms with E-state index in [0.29, 0.717) is 36.2 Å². The van der Waals surface area contributed by atoms with Gasteiger partial charge in [-0.15, -0.1) is 13.2 Å². The van der Waals surface area contributed by atoms with Crippen LogP contribution in [-0.4, -0.2) is 55.9 Å². The fourth-order valence-corrected chi connectivity index (χ4v) is 8.25. The maximum atomic E-state index is 14.1. The molecular formula is C37H47F3O8. The number of carbonyl (C=O) groups is 2. The van der Waals surface area contributed by atoms with E-state index in [2.05, 4.69) is 16.9 Å². The average molecular weight is 677 g/mol. The first-order chi connectivity index (χ1) is 22.8. The normalized spacial score (nSPS) is 32.2. The van der Waals surface area contributed by atoms with Gasteiger partial charge in [0.2, 0.25) is 6.29 Å². The van der Waals surface area contributed by atoms with Gasteiger partial charge in [-0.1, -0.05) is 44.6 Å². The molecule has 264 valence electrons. The maximum Gasteiger partial charge on any atom is 0.573 e. The summed E-state index contributed by atoms with van der Waals surface area (Å²) in [6.45, 7) is 5.62. The Labute approximate surface area is 280 Å². The Bertz CT molecular complexity index is 1410. The molecule has 1 aromatic carbocycles. The van der Waals surface area contributed by atoms with Crippen molar-refractivity contribution < 1.29 is 51.6 Å². The number of aliphatic hydroxyl groups excluding tert-OH is 1. The van der Waals surface area contributed by atoms with Gasteiger partial charge >= 0.3 is 12.3 Å². The number of ketones is 1. The Hall–Kier alpha value is -3.31. The van der Waals surface area contributed by atoms with Gasteiger partial charge in [-0.05, 0) is 98.0 Å². The molecule has 1 aromatic rings. The van der Waals surface area contributed by atoms with Crippen molar-refractivity contribution in [1.29, 1.82) is 0 Å². The fraction of sp³-hybridized carbons (Fsp3) is 0.622. The van der Waals surface area contributed by atoms with Crippen molar-refractivity contribution in [2.24, 2.45) is 35.5 Å². The van der Waals surface area contributed by atoms with Gasteiger partial charge < -0.3 is 28.8 Å². The van der Waals surface area contributed by atoms with Crippen LogP contribution in [0.1, 0.15) is 77.7 Å². The van der Waals surface area contributed by atoms with Crippen molar-refractivity contribution in [2.45, 2.75) is 97.0 Å². The zero-order valence-electron chi connectivity index (χ0n) is 28.3. The van der Waals surface area contributed by atoms with Gasteiger partial charge in [-0.25, -0.2) is 0 Å². The highest BCUT2D eigenvalue weighted by Crippen LogP contribution is 2.58. The van der Waals surface area contributed by atoms with Gasteiger partial charge in [0.25, 0.3) is 0 Å². The van der Waals surface area contributed by atoms with E-state index in [1.165, 1.54) is 26.4 Å². The van der Waals surface area contributed by atoms with E-state index < -0.39 is 18.6 Å². The Balaban J connectivity index is 1.53. The highest BCUT2D eigenvalue weighted by atomic mass is 19.4. The maximum absolute atomic E-state index is 14.1. The van der Waals surface area contributed by atoms with E-state index >= 15 is 0 Å². The van der Waals surface area contributed by atoms with Crippen LogP contribution < -0.4 is 4.74 Å². The number of hydrogen-bond acceptors (Lipinski definition) is 8. The van der Waals surface area contributed by atoms with Crippen molar-refractivity contribution in [1.82, 2.24) is 0 Å². The number of ether oxygens (including phenoxy) is 5. The zero-order chi connectivity index (χ0) is 34.7. The summed E-state index contributed by atoms with van der Waals surface area (Å²) in [5.41, 5.74) is 2.21. The van der Waals surface area contributed by atoms with Crippen molar-refractivity contribution >= 4 is 17.3 Å². The first kappa shape index (κ1) is 36.0. The first-order valence-corrected chi connectivity index (χ1v) is 17.0. The minimum Gasteiger partial charge on any atom is -0.498 e. The molecule has 48 heavy (non-hydrogen) atoms. The summed E-state index contributed by atoms with van der Waals surface area (Å²) in [4.78, 5) is 27.6. The van der Waals surface area contributed by atoms with E-state index in [0.717, 1.165) is 31.3 Å². The molecule has 4 aliphatic rings. The molecule has 1 saturated carbocycles. The lowest BCUT2D eigenvalue weighted by Crippen LogP contribution is -2.33.